The Bertz CT molecular complexity index is 421. The number of carbonyl (C=O) groups excluding carboxylic acids is 1. The quantitative estimate of drug-likeness (QED) is 0.740. The van der Waals surface area contributed by atoms with Gasteiger partial charge in [0, 0.05) is 36.7 Å². The third kappa shape index (κ3) is 2.68. The molecule has 1 saturated carbocycles. The molecular weight excluding hydrogens is 224 g/mol. The van der Waals surface area contributed by atoms with Crippen molar-refractivity contribution in [3.05, 3.63) is 29.6 Å². The van der Waals surface area contributed by atoms with Crippen LogP contribution in [0.5, 0.6) is 0 Å². The van der Waals surface area contributed by atoms with Gasteiger partial charge >= 0.3 is 0 Å². The van der Waals surface area contributed by atoms with Gasteiger partial charge in [-0.3, -0.25) is 9.78 Å². The van der Waals surface area contributed by atoms with Crippen molar-refractivity contribution < 1.29 is 13.6 Å². The Kier molecular flexibility index (Phi) is 3.22. The third-order valence-electron chi connectivity index (χ3n) is 3.39. The lowest BCUT2D eigenvalue weighted by molar-refractivity contribution is -0.0424. The number of aryl methyl sites for hydroxylation is 1. The lowest BCUT2D eigenvalue weighted by Gasteiger charge is -2.27. The van der Waals surface area contributed by atoms with Gasteiger partial charge in [0.25, 0.3) is 0 Å². The molecule has 0 aromatic carbocycles. The van der Waals surface area contributed by atoms with Gasteiger partial charge in [-0.15, -0.1) is 0 Å². The Balaban J connectivity index is 2.10. The first kappa shape index (κ1) is 12.1. The molecule has 0 amide bonds. The number of hydrogen-bond acceptors (Lipinski definition) is 2. The summed E-state index contributed by atoms with van der Waals surface area (Å²) in [6, 6.07) is 1.77. The molecule has 4 heteroatoms. The van der Waals surface area contributed by atoms with Gasteiger partial charge < -0.3 is 0 Å². The lowest BCUT2D eigenvalue weighted by atomic mass is 9.82. The molecule has 0 spiro atoms. The van der Waals surface area contributed by atoms with Gasteiger partial charge in [0.15, 0.2) is 5.78 Å². The number of halogens is 2. The maximum atomic E-state index is 13.0. The molecular formula is C13H15F2NO. The molecule has 0 saturated heterocycles. The number of ketones is 1. The summed E-state index contributed by atoms with van der Waals surface area (Å²) in [7, 11) is 0. The Morgan fingerprint density at radius 2 is 2.06 bits per heavy atom. The Morgan fingerprint density at radius 3 is 2.65 bits per heavy atom. The number of rotatable bonds is 2. The van der Waals surface area contributed by atoms with E-state index in [1.165, 1.54) is 6.20 Å². The van der Waals surface area contributed by atoms with Crippen LogP contribution in [0.25, 0.3) is 0 Å². The van der Waals surface area contributed by atoms with Crippen LogP contribution in [0.2, 0.25) is 0 Å². The monoisotopic (exact) mass is 239 g/mol. The van der Waals surface area contributed by atoms with E-state index in [0.29, 0.717) is 5.56 Å². The second-order valence-electron chi connectivity index (χ2n) is 4.69. The summed E-state index contributed by atoms with van der Waals surface area (Å²) in [6.45, 7) is 1.84. The number of hydrogen-bond donors (Lipinski definition) is 0. The van der Waals surface area contributed by atoms with Crippen molar-refractivity contribution in [1.82, 2.24) is 4.98 Å². The predicted octanol–water partition coefficient (Wildman–Crippen LogP) is 3.40. The predicted molar refractivity (Wildman–Crippen MR) is 60.2 cm³/mol. The molecule has 0 radical (unpaired) electrons. The van der Waals surface area contributed by atoms with E-state index in [0.717, 1.165) is 5.56 Å². The molecule has 0 unspecified atom stereocenters. The minimum atomic E-state index is -2.58. The van der Waals surface area contributed by atoms with Gasteiger partial charge in [-0.2, -0.15) is 0 Å². The average Bonchev–Trinajstić information content (AvgIpc) is 2.29. The highest BCUT2D eigenvalue weighted by Gasteiger charge is 2.37. The zero-order chi connectivity index (χ0) is 12.5. The summed E-state index contributed by atoms with van der Waals surface area (Å²) in [5.41, 5.74) is 1.44. The molecule has 0 bridgehead atoms. The van der Waals surface area contributed by atoms with Crippen molar-refractivity contribution in [3.63, 3.8) is 0 Å². The smallest absolute Gasteiger partial charge is 0.248 e. The van der Waals surface area contributed by atoms with Gasteiger partial charge in [0.05, 0.1) is 0 Å². The molecule has 2 rings (SSSR count). The van der Waals surface area contributed by atoms with E-state index in [4.69, 9.17) is 0 Å². The summed E-state index contributed by atoms with van der Waals surface area (Å²) in [4.78, 5) is 16.1. The van der Waals surface area contributed by atoms with E-state index in [1.807, 2.05) is 6.92 Å². The number of aromatic nitrogens is 1. The molecule has 1 aromatic rings. The Hall–Kier alpha value is -1.32. The number of Topliss-reactive ketones (excluding diaryl/α,β-unsaturated/α-hetero) is 1. The summed E-state index contributed by atoms with van der Waals surface area (Å²) in [6.07, 6.45) is 3.36. The molecule has 1 heterocycles. The Morgan fingerprint density at radius 1 is 1.41 bits per heavy atom. The van der Waals surface area contributed by atoms with E-state index in [2.05, 4.69) is 4.98 Å². The van der Waals surface area contributed by atoms with Crippen molar-refractivity contribution in [1.29, 1.82) is 0 Å². The number of pyridine rings is 1. The molecule has 0 atom stereocenters. The third-order valence-corrected chi connectivity index (χ3v) is 3.39. The number of carbonyl (C=O) groups is 1. The maximum Gasteiger partial charge on any atom is 0.248 e. The first-order valence-corrected chi connectivity index (χ1v) is 5.82. The van der Waals surface area contributed by atoms with Crippen molar-refractivity contribution in [2.75, 3.05) is 0 Å². The van der Waals surface area contributed by atoms with Crippen LogP contribution in [0, 0.1) is 12.8 Å². The molecule has 92 valence electrons. The first-order chi connectivity index (χ1) is 7.99. The van der Waals surface area contributed by atoms with Crippen LogP contribution in [0.4, 0.5) is 8.78 Å². The van der Waals surface area contributed by atoms with Gasteiger partial charge in [-0.1, -0.05) is 0 Å². The topological polar surface area (TPSA) is 30.0 Å². The largest absolute Gasteiger partial charge is 0.294 e. The molecule has 1 aliphatic rings. The van der Waals surface area contributed by atoms with Gasteiger partial charge in [-0.05, 0) is 31.4 Å². The fourth-order valence-corrected chi connectivity index (χ4v) is 2.24. The second-order valence-corrected chi connectivity index (χ2v) is 4.69. The molecule has 17 heavy (non-hydrogen) atoms. The van der Waals surface area contributed by atoms with E-state index in [9.17, 15) is 13.6 Å². The molecule has 0 N–H and O–H groups in total. The standard InChI is InChI=1S/C13H15F2NO/c1-9-4-7-16-8-11(9)12(17)10-2-5-13(14,15)6-3-10/h4,7-8,10H,2-3,5-6H2,1H3. The van der Waals surface area contributed by atoms with Crippen LogP contribution in [-0.2, 0) is 0 Å². The molecule has 0 aliphatic heterocycles. The molecule has 1 aromatic heterocycles. The van der Waals surface area contributed by atoms with Crippen molar-refractivity contribution in [2.24, 2.45) is 5.92 Å². The second kappa shape index (κ2) is 4.51. The summed E-state index contributed by atoms with van der Waals surface area (Å²) >= 11 is 0. The van der Waals surface area contributed by atoms with Crippen LogP contribution >= 0.6 is 0 Å². The molecule has 2 nitrogen and oxygen atoms in total. The maximum absolute atomic E-state index is 13.0. The van der Waals surface area contributed by atoms with E-state index < -0.39 is 5.92 Å². The highest BCUT2D eigenvalue weighted by molar-refractivity contribution is 5.98. The lowest BCUT2D eigenvalue weighted by Crippen LogP contribution is -2.29. The first-order valence-electron chi connectivity index (χ1n) is 5.82. The number of alkyl halides is 2. The SMILES string of the molecule is Cc1ccncc1C(=O)C1CCC(F)(F)CC1. The molecule has 1 aliphatic carbocycles. The van der Waals surface area contributed by atoms with E-state index in [1.54, 1.807) is 12.3 Å². The minimum Gasteiger partial charge on any atom is -0.294 e. The van der Waals surface area contributed by atoms with Crippen LogP contribution in [0.15, 0.2) is 18.5 Å². The van der Waals surface area contributed by atoms with E-state index >= 15 is 0 Å². The highest BCUT2D eigenvalue weighted by atomic mass is 19.3. The normalized spacial score (nSPS) is 20.2. The molecule has 1 fully saturated rings. The Labute approximate surface area is 99.1 Å². The van der Waals surface area contributed by atoms with Crippen molar-refractivity contribution >= 4 is 5.78 Å². The minimum absolute atomic E-state index is 0.0360. The zero-order valence-corrected chi connectivity index (χ0v) is 9.75. The fourth-order valence-electron chi connectivity index (χ4n) is 2.24. The van der Waals surface area contributed by atoms with Crippen molar-refractivity contribution in [3.8, 4) is 0 Å². The van der Waals surface area contributed by atoms with Gasteiger partial charge in [0.2, 0.25) is 5.92 Å². The summed E-state index contributed by atoms with van der Waals surface area (Å²) < 4.78 is 26.0. The number of nitrogens with zero attached hydrogens (tertiary/aromatic N) is 1. The van der Waals surface area contributed by atoms with Crippen LogP contribution in [0.3, 0.4) is 0 Å². The fraction of sp³-hybridized carbons (Fsp3) is 0.538. The van der Waals surface area contributed by atoms with Crippen molar-refractivity contribution in [2.45, 2.75) is 38.5 Å². The summed E-state index contributed by atoms with van der Waals surface area (Å²) in [5.74, 6) is -2.88. The highest BCUT2D eigenvalue weighted by Crippen LogP contribution is 2.37. The summed E-state index contributed by atoms with van der Waals surface area (Å²) in [5, 5.41) is 0. The average molecular weight is 239 g/mol. The van der Waals surface area contributed by atoms with Crippen LogP contribution in [-0.4, -0.2) is 16.7 Å². The van der Waals surface area contributed by atoms with Crippen LogP contribution in [0.1, 0.15) is 41.6 Å². The zero-order valence-electron chi connectivity index (χ0n) is 9.75. The van der Waals surface area contributed by atoms with Gasteiger partial charge in [0.1, 0.15) is 0 Å². The van der Waals surface area contributed by atoms with Gasteiger partial charge in [-0.25, -0.2) is 8.78 Å². The van der Waals surface area contributed by atoms with Crippen LogP contribution < -0.4 is 0 Å². The van der Waals surface area contributed by atoms with E-state index in [-0.39, 0.29) is 37.4 Å².